The summed E-state index contributed by atoms with van der Waals surface area (Å²) in [6.45, 7) is 3.11. The van der Waals surface area contributed by atoms with E-state index in [2.05, 4.69) is 5.29 Å². The first kappa shape index (κ1) is 13.8. The molecule has 0 atom stereocenters. The monoisotopic (exact) mass is 210 g/mol. The predicted molar refractivity (Wildman–Crippen MR) is 44.8 cm³/mol. The molecule has 0 unspecified atom stereocenters. The average molecular weight is 210 g/mol. The number of hydrazine groups is 1. The topological polar surface area (TPSA) is 79.3 Å². The second-order valence-corrected chi connectivity index (χ2v) is 2.79. The molecule has 1 heterocycles. The van der Waals surface area contributed by atoms with Gasteiger partial charge >= 0.3 is 29.6 Å². The van der Waals surface area contributed by atoms with Gasteiger partial charge in [-0.1, -0.05) is 0 Å². The number of hydrogen-bond acceptors (Lipinski definition) is 5. The Labute approximate surface area is 104 Å². The van der Waals surface area contributed by atoms with E-state index < -0.39 is 0 Å². The summed E-state index contributed by atoms with van der Waals surface area (Å²) in [5.41, 5.74) is 0. The van der Waals surface area contributed by atoms with Crippen molar-refractivity contribution < 1.29 is 34.4 Å². The average Bonchev–Trinajstić information content (AvgIpc) is 2.17. The molecule has 1 amide bonds. The summed E-state index contributed by atoms with van der Waals surface area (Å²) in [5, 5.41) is 14.2. The predicted octanol–water partition coefficient (Wildman–Crippen LogP) is -3.45. The van der Waals surface area contributed by atoms with Crippen molar-refractivity contribution in [2.75, 3.05) is 26.2 Å². The molecule has 8 heteroatoms. The number of nitrogens with zero attached hydrogens (tertiary/aromatic N) is 4. The Hall–Kier alpha value is -0.210. The third kappa shape index (κ3) is 3.50. The van der Waals surface area contributed by atoms with E-state index in [1.165, 1.54) is 11.9 Å². The molecule has 0 bridgehead atoms. The minimum Gasteiger partial charge on any atom is -0.724 e. The molecule has 0 N–H and O–H groups in total. The Kier molecular flexibility index (Phi) is 6.21. The van der Waals surface area contributed by atoms with E-state index in [0.29, 0.717) is 26.2 Å². The van der Waals surface area contributed by atoms with Crippen LogP contribution in [-0.2, 0) is 4.79 Å². The zero-order valence-electron chi connectivity index (χ0n) is 8.34. The van der Waals surface area contributed by atoms with Gasteiger partial charge in [-0.2, -0.15) is 0 Å². The first-order valence-corrected chi connectivity index (χ1v) is 3.96. The molecule has 1 rings (SSSR count). The van der Waals surface area contributed by atoms with Crippen LogP contribution in [0.2, 0.25) is 0 Å². The van der Waals surface area contributed by atoms with Crippen LogP contribution in [0.5, 0.6) is 0 Å². The summed E-state index contributed by atoms with van der Waals surface area (Å²) in [4.78, 5) is 22.4. The van der Waals surface area contributed by atoms with Gasteiger partial charge in [0.15, 0.2) is 0 Å². The van der Waals surface area contributed by atoms with Crippen molar-refractivity contribution in [1.29, 1.82) is 0 Å². The smallest absolute Gasteiger partial charge is 0.724 e. The van der Waals surface area contributed by atoms with E-state index in [1.54, 1.807) is 4.90 Å². The van der Waals surface area contributed by atoms with Crippen LogP contribution >= 0.6 is 0 Å². The minimum absolute atomic E-state index is 0. The summed E-state index contributed by atoms with van der Waals surface area (Å²) in [6.07, 6.45) is 0. The number of rotatable bonds is 2. The molecule has 0 aromatic heterocycles. The molecule has 0 spiro atoms. The third-order valence-corrected chi connectivity index (χ3v) is 2.01. The van der Waals surface area contributed by atoms with Gasteiger partial charge in [-0.05, 0) is 0 Å². The second kappa shape index (κ2) is 6.31. The van der Waals surface area contributed by atoms with Crippen LogP contribution in [-0.4, -0.2) is 47.3 Å². The molecule has 0 radical (unpaired) electrons. The van der Waals surface area contributed by atoms with Crippen LogP contribution in [0.3, 0.4) is 0 Å². The zero-order chi connectivity index (χ0) is 9.84. The molecule has 74 valence electrons. The SMILES string of the molecule is CC(=O)N1CCN(N([O-])N=O)CC1.[Na+]. The summed E-state index contributed by atoms with van der Waals surface area (Å²) in [5.74, 6) is -0.0174. The Morgan fingerprint density at radius 1 is 1.36 bits per heavy atom. The van der Waals surface area contributed by atoms with Gasteiger partial charge in [0.2, 0.25) is 5.91 Å². The van der Waals surface area contributed by atoms with Crippen LogP contribution in [0.1, 0.15) is 6.92 Å². The number of hydrogen-bond donors (Lipinski definition) is 0. The molecule has 0 aromatic carbocycles. The number of amides is 1. The number of piperazine rings is 1. The molecule has 14 heavy (non-hydrogen) atoms. The van der Waals surface area contributed by atoms with Crippen molar-refractivity contribution in [3.05, 3.63) is 10.1 Å². The van der Waals surface area contributed by atoms with Crippen LogP contribution in [0.25, 0.3) is 0 Å². The van der Waals surface area contributed by atoms with Crippen molar-refractivity contribution >= 4 is 5.91 Å². The Morgan fingerprint density at radius 3 is 2.21 bits per heavy atom. The standard InChI is InChI=1S/C6H11N4O3.Na/c1-6(11)8-2-4-9(5-3-8)10(13)7-12;/h2-5H2,1H3;/q-1;+1. The third-order valence-electron chi connectivity index (χ3n) is 2.01. The Bertz CT molecular complexity index is 207. The van der Waals surface area contributed by atoms with Crippen molar-refractivity contribution in [3.8, 4) is 0 Å². The molecule has 1 aliphatic heterocycles. The summed E-state index contributed by atoms with van der Waals surface area (Å²) >= 11 is 0. The Balaban J connectivity index is 0.00000169. The van der Waals surface area contributed by atoms with Crippen LogP contribution in [0.4, 0.5) is 0 Å². The van der Waals surface area contributed by atoms with Crippen LogP contribution < -0.4 is 29.6 Å². The maximum atomic E-state index is 10.9. The number of carbonyl (C=O) groups excluding carboxylic acids is 1. The molecule has 1 saturated heterocycles. The molecular formula is C6H11N4NaO3. The number of nitroso groups, excluding NO2 is 1. The van der Waals surface area contributed by atoms with Crippen molar-refractivity contribution in [2.45, 2.75) is 6.92 Å². The molecule has 7 nitrogen and oxygen atoms in total. The van der Waals surface area contributed by atoms with Crippen LogP contribution in [0.15, 0.2) is 5.29 Å². The maximum Gasteiger partial charge on any atom is 1.00 e. The molecular weight excluding hydrogens is 199 g/mol. The van der Waals surface area contributed by atoms with Crippen molar-refractivity contribution in [1.82, 2.24) is 15.2 Å². The van der Waals surface area contributed by atoms with Crippen molar-refractivity contribution in [2.24, 2.45) is 5.29 Å². The normalized spacial score (nSPS) is 17.1. The second-order valence-electron chi connectivity index (χ2n) is 2.79. The van der Waals surface area contributed by atoms with Gasteiger partial charge in [-0.25, -0.2) is 5.01 Å². The van der Waals surface area contributed by atoms with Gasteiger partial charge in [0.05, 0.1) is 5.29 Å². The van der Waals surface area contributed by atoms with Gasteiger partial charge in [-0.3, -0.25) is 10.1 Å². The fraction of sp³-hybridized carbons (Fsp3) is 0.833. The largest absolute Gasteiger partial charge is 1.00 e. The summed E-state index contributed by atoms with van der Waals surface area (Å²) in [7, 11) is 0. The quantitative estimate of drug-likeness (QED) is 0.269. The van der Waals surface area contributed by atoms with E-state index in [1.807, 2.05) is 0 Å². The molecule has 0 aliphatic carbocycles. The maximum absolute atomic E-state index is 10.9. The Morgan fingerprint density at radius 2 is 1.86 bits per heavy atom. The zero-order valence-corrected chi connectivity index (χ0v) is 10.3. The fourth-order valence-electron chi connectivity index (χ4n) is 1.23. The van der Waals surface area contributed by atoms with E-state index in [4.69, 9.17) is 0 Å². The molecule has 0 aromatic rings. The van der Waals surface area contributed by atoms with Gasteiger partial charge < -0.3 is 10.1 Å². The van der Waals surface area contributed by atoms with E-state index in [9.17, 15) is 14.9 Å². The fourth-order valence-corrected chi connectivity index (χ4v) is 1.23. The molecule has 1 aliphatic rings. The van der Waals surface area contributed by atoms with Crippen LogP contribution in [0, 0.1) is 10.1 Å². The van der Waals surface area contributed by atoms with Gasteiger partial charge in [-0.15, -0.1) is 4.91 Å². The van der Waals surface area contributed by atoms with Crippen molar-refractivity contribution in [3.63, 3.8) is 0 Å². The van der Waals surface area contributed by atoms with Gasteiger partial charge in [0, 0.05) is 33.1 Å². The van der Waals surface area contributed by atoms with E-state index in [-0.39, 0.29) is 40.7 Å². The first-order valence-electron chi connectivity index (χ1n) is 3.96. The summed E-state index contributed by atoms with van der Waals surface area (Å²) < 4.78 is 0. The van der Waals surface area contributed by atoms with Gasteiger partial charge in [0.1, 0.15) is 0 Å². The first-order chi connectivity index (χ1) is 6.15. The molecule has 1 fully saturated rings. The van der Waals surface area contributed by atoms with E-state index >= 15 is 0 Å². The molecule has 0 saturated carbocycles. The number of carbonyl (C=O) groups is 1. The van der Waals surface area contributed by atoms with E-state index in [0.717, 1.165) is 0 Å². The minimum atomic E-state index is -0.0174. The summed E-state index contributed by atoms with van der Waals surface area (Å²) in [6, 6.07) is 0. The van der Waals surface area contributed by atoms with Gasteiger partial charge in [0.25, 0.3) is 0 Å².